The van der Waals surface area contributed by atoms with Crippen LogP contribution in [0.5, 0.6) is 0 Å². The summed E-state index contributed by atoms with van der Waals surface area (Å²) in [5.41, 5.74) is 3.21. The summed E-state index contributed by atoms with van der Waals surface area (Å²) in [6, 6.07) is 7.60. The van der Waals surface area contributed by atoms with Gasteiger partial charge in [-0.25, -0.2) is 4.79 Å². The Morgan fingerprint density at radius 2 is 1.95 bits per heavy atom. The molecular formula is C16H23N3O. The molecule has 2 amide bonds. The summed E-state index contributed by atoms with van der Waals surface area (Å²) in [5.74, 6) is 0. The topological polar surface area (TPSA) is 44.4 Å². The number of benzene rings is 1. The summed E-state index contributed by atoms with van der Waals surface area (Å²) in [7, 11) is 3.96. The predicted octanol–water partition coefficient (Wildman–Crippen LogP) is 3.72. The molecule has 0 atom stereocenters. The predicted molar refractivity (Wildman–Crippen MR) is 84.1 cm³/mol. The number of carbonyl (C=O) groups is 1. The molecule has 2 rings (SSSR count). The van der Waals surface area contributed by atoms with Crippen LogP contribution in [0, 0.1) is 0 Å². The fraction of sp³-hybridized carbons (Fsp3) is 0.438. The average Bonchev–Trinajstić information content (AvgIpc) is 2.46. The highest BCUT2D eigenvalue weighted by molar-refractivity contribution is 5.90. The third kappa shape index (κ3) is 4.30. The first-order chi connectivity index (χ1) is 9.65. The van der Waals surface area contributed by atoms with E-state index in [0.29, 0.717) is 0 Å². The second kappa shape index (κ2) is 6.98. The van der Waals surface area contributed by atoms with Gasteiger partial charge in [0.2, 0.25) is 0 Å². The molecule has 0 aliphatic heterocycles. The number of hydrogen-bond donors (Lipinski definition) is 2. The van der Waals surface area contributed by atoms with Gasteiger partial charge in [0.25, 0.3) is 0 Å². The molecule has 4 nitrogen and oxygen atoms in total. The lowest BCUT2D eigenvalue weighted by molar-refractivity contribution is 0.255. The van der Waals surface area contributed by atoms with Gasteiger partial charge in [-0.1, -0.05) is 18.1 Å². The molecule has 1 aromatic carbocycles. The maximum absolute atomic E-state index is 11.9. The van der Waals surface area contributed by atoms with Gasteiger partial charge in [-0.05, 0) is 43.9 Å². The zero-order valence-electron chi connectivity index (χ0n) is 12.3. The van der Waals surface area contributed by atoms with Gasteiger partial charge >= 0.3 is 6.03 Å². The molecule has 20 heavy (non-hydrogen) atoms. The summed E-state index contributed by atoms with van der Waals surface area (Å²) in [5, 5.41) is 5.68. The Balaban J connectivity index is 1.89. The quantitative estimate of drug-likeness (QED) is 0.881. The summed E-state index contributed by atoms with van der Waals surface area (Å²) in [4.78, 5) is 13.9. The van der Waals surface area contributed by atoms with Gasteiger partial charge in [0.1, 0.15) is 0 Å². The Hall–Kier alpha value is -1.97. The first kappa shape index (κ1) is 14.4. The van der Waals surface area contributed by atoms with E-state index in [4.69, 9.17) is 0 Å². The highest BCUT2D eigenvalue weighted by Gasteiger charge is 2.06. The van der Waals surface area contributed by atoms with E-state index in [1.165, 1.54) is 24.8 Å². The number of allylic oxidation sites excluding steroid dienone is 1. The van der Waals surface area contributed by atoms with E-state index in [2.05, 4.69) is 10.6 Å². The van der Waals surface area contributed by atoms with Gasteiger partial charge in [-0.3, -0.25) is 0 Å². The van der Waals surface area contributed by atoms with Gasteiger partial charge in [-0.15, -0.1) is 0 Å². The molecule has 0 aromatic heterocycles. The van der Waals surface area contributed by atoms with Gasteiger partial charge in [0.15, 0.2) is 0 Å². The van der Waals surface area contributed by atoms with Crippen molar-refractivity contribution in [3.8, 4) is 0 Å². The Morgan fingerprint density at radius 1 is 1.20 bits per heavy atom. The largest absolute Gasteiger partial charge is 0.378 e. The number of hydrogen-bond acceptors (Lipinski definition) is 2. The molecule has 1 aliphatic rings. The van der Waals surface area contributed by atoms with Crippen LogP contribution in [-0.4, -0.2) is 20.1 Å². The number of nitrogens with one attached hydrogen (secondary N) is 2. The van der Waals surface area contributed by atoms with Crippen LogP contribution in [0.2, 0.25) is 0 Å². The van der Waals surface area contributed by atoms with Gasteiger partial charge in [-0.2, -0.15) is 0 Å². The molecule has 1 aliphatic carbocycles. The molecule has 1 aromatic rings. The lowest BCUT2D eigenvalue weighted by Crippen LogP contribution is -2.24. The summed E-state index contributed by atoms with van der Waals surface area (Å²) in [6.45, 7) is 0. The van der Waals surface area contributed by atoms with E-state index < -0.39 is 0 Å². The fourth-order valence-corrected chi connectivity index (χ4v) is 2.35. The van der Waals surface area contributed by atoms with Crippen molar-refractivity contribution >= 4 is 17.4 Å². The molecular weight excluding hydrogens is 250 g/mol. The van der Waals surface area contributed by atoms with Crippen LogP contribution >= 0.6 is 0 Å². The average molecular weight is 273 g/mol. The normalized spacial score (nSPS) is 14.6. The van der Waals surface area contributed by atoms with Crippen LogP contribution in [0.4, 0.5) is 16.2 Å². The van der Waals surface area contributed by atoms with Gasteiger partial charge in [0.05, 0.1) is 0 Å². The van der Waals surface area contributed by atoms with Crippen molar-refractivity contribution in [3.05, 3.63) is 36.0 Å². The third-order valence-corrected chi connectivity index (χ3v) is 3.52. The Labute approximate surface area is 120 Å². The summed E-state index contributed by atoms with van der Waals surface area (Å²) in [6.07, 6.45) is 7.86. The molecule has 0 spiro atoms. The molecule has 1 fully saturated rings. The molecule has 0 radical (unpaired) electrons. The van der Waals surface area contributed by atoms with Crippen LogP contribution in [0.15, 0.2) is 36.0 Å². The SMILES string of the molecule is CN(C)c1cccc(NC(=O)NC=C2CCCCC2)c1. The minimum atomic E-state index is -0.182. The highest BCUT2D eigenvalue weighted by Crippen LogP contribution is 2.22. The molecule has 0 heterocycles. The number of urea groups is 1. The molecule has 0 unspecified atom stereocenters. The molecule has 108 valence electrons. The Morgan fingerprint density at radius 3 is 2.65 bits per heavy atom. The van der Waals surface area contributed by atoms with E-state index in [0.717, 1.165) is 24.2 Å². The van der Waals surface area contributed by atoms with Crippen LogP contribution in [0.3, 0.4) is 0 Å². The molecule has 1 saturated carbocycles. The lowest BCUT2D eigenvalue weighted by atomic mass is 9.96. The number of carbonyl (C=O) groups excluding carboxylic acids is 1. The zero-order chi connectivity index (χ0) is 14.4. The van der Waals surface area contributed by atoms with E-state index in [9.17, 15) is 4.79 Å². The van der Waals surface area contributed by atoms with Crippen molar-refractivity contribution in [1.82, 2.24) is 5.32 Å². The molecule has 2 N–H and O–H groups in total. The fourth-order valence-electron chi connectivity index (χ4n) is 2.35. The molecule has 4 heteroatoms. The number of rotatable bonds is 3. The first-order valence-corrected chi connectivity index (χ1v) is 7.18. The van der Waals surface area contributed by atoms with E-state index >= 15 is 0 Å². The van der Waals surface area contributed by atoms with Gasteiger partial charge < -0.3 is 15.5 Å². The summed E-state index contributed by atoms with van der Waals surface area (Å²) >= 11 is 0. The van der Waals surface area contributed by atoms with Crippen molar-refractivity contribution in [3.63, 3.8) is 0 Å². The van der Waals surface area contributed by atoms with Crippen LogP contribution in [0.25, 0.3) is 0 Å². The Kier molecular flexibility index (Phi) is 5.04. The van der Waals surface area contributed by atoms with Crippen molar-refractivity contribution in [2.24, 2.45) is 0 Å². The minimum absolute atomic E-state index is 0.182. The second-order valence-electron chi connectivity index (χ2n) is 5.41. The van der Waals surface area contributed by atoms with Crippen molar-refractivity contribution in [2.45, 2.75) is 32.1 Å². The standard InChI is InChI=1S/C16H23N3O/c1-19(2)15-10-6-9-14(11-15)18-16(20)17-12-13-7-4-3-5-8-13/h6,9-12H,3-5,7-8H2,1-2H3,(H2,17,18,20). The maximum Gasteiger partial charge on any atom is 0.323 e. The number of anilines is 2. The van der Waals surface area contributed by atoms with E-state index in [-0.39, 0.29) is 6.03 Å². The van der Waals surface area contributed by atoms with Crippen LogP contribution in [0.1, 0.15) is 32.1 Å². The van der Waals surface area contributed by atoms with Crippen LogP contribution in [-0.2, 0) is 0 Å². The maximum atomic E-state index is 11.9. The van der Waals surface area contributed by atoms with E-state index in [1.807, 2.05) is 49.5 Å². The zero-order valence-corrected chi connectivity index (χ0v) is 12.3. The van der Waals surface area contributed by atoms with Gasteiger partial charge in [0, 0.05) is 31.7 Å². The van der Waals surface area contributed by atoms with Crippen LogP contribution < -0.4 is 15.5 Å². The van der Waals surface area contributed by atoms with Crippen molar-refractivity contribution in [2.75, 3.05) is 24.3 Å². The second-order valence-corrected chi connectivity index (χ2v) is 5.41. The monoisotopic (exact) mass is 273 g/mol. The number of amides is 2. The highest BCUT2D eigenvalue weighted by atomic mass is 16.2. The van der Waals surface area contributed by atoms with Crippen molar-refractivity contribution in [1.29, 1.82) is 0 Å². The third-order valence-electron chi connectivity index (χ3n) is 3.52. The smallest absolute Gasteiger partial charge is 0.323 e. The first-order valence-electron chi connectivity index (χ1n) is 7.18. The summed E-state index contributed by atoms with van der Waals surface area (Å²) < 4.78 is 0. The number of nitrogens with zero attached hydrogens (tertiary/aromatic N) is 1. The molecule has 0 bridgehead atoms. The lowest BCUT2D eigenvalue weighted by Gasteiger charge is -2.15. The van der Waals surface area contributed by atoms with Crippen molar-refractivity contribution < 1.29 is 4.79 Å². The minimum Gasteiger partial charge on any atom is -0.378 e. The molecule has 0 saturated heterocycles. The van der Waals surface area contributed by atoms with E-state index in [1.54, 1.807) is 0 Å². The Bertz CT molecular complexity index is 486.